The molecule has 0 aliphatic carbocycles. The third-order valence-corrected chi connectivity index (χ3v) is 5.46. The Labute approximate surface area is 147 Å². The van der Waals surface area contributed by atoms with Crippen LogP contribution in [0.2, 0.25) is 0 Å². The lowest BCUT2D eigenvalue weighted by Crippen LogP contribution is -2.53. The number of amides is 2. The molecule has 1 aromatic heterocycles. The molecule has 2 N–H and O–H groups in total. The van der Waals surface area contributed by atoms with Gasteiger partial charge in [-0.3, -0.25) is 14.5 Å². The zero-order valence-electron chi connectivity index (χ0n) is 15.0. The molecular weight excluding hydrogens is 322 g/mol. The maximum atomic E-state index is 12.8. The van der Waals surface area contributed by atoms with E-state index in [9.17, 15) is 9.59 Å². The van der Waals surface area contributed by atoms with Crippen molar-refractivity contribution in [2.45, 2.75) is 51.5 Å². The molecule has 2 atom stereocenters. The summed E-state index contributed by atoms with van der Waals surface area (Å²) in [5.41, 5.74) is 5.41. The van der Waals surface area contributed by atoms with Crippen molar-refractivity contribution in [3.8, 4) is 0 Å². The third-order valence-electron chi connectivity index (χ3n) is 5.46. The van der Waals surface area contributed by atoms with Crippen molar-refractivity contribution in [2.75, 3.05) is 26.2 Å². The van der Waals surface area contributed by atoms with Gasteiger partial charge in [-0.15, -0.1) is 0 Å². The second-order valence-electron chi connectivity index (χ2n) is 7.19. The lowest BCUT2D eigenvalue weighted by Gasteiger charge is -2.38. The van der Waals surface area contributed by atoms with E-state index in [1.165, 1.54) is 0 Å². The monoisotopic (exact) mass is 349 g/mol. The van der Waals surface area contributed by atoms with Crippen molar-refractivity contribution < 1.29 is 14.1 Å². The topological polar surface area (TPSA) is 106 Å². The molecule has 2 amide bonds. The summed E-state index contributed by atoms with van der Waals surface area (Å²) in [4.78, 5) is 32.6. The SMILES string of the molecule is Cc1noc(C2CCN([C@H](C)C(=O)N3CCC[C@H](C(N)=O)C3)CC2)n1. The summed E-state index contributed by atoms with van der Waals surface area (Å²) in [5, 5.41) is 3.86. The average Bonchev–Trinajstić information content (AvgIpc) is 3.07. The van der Waals surface area contributed by atoms with E-state index in [1.54, 1.807) is 4.90 Å². The van der Waals surface area contributed by atoms with Gasteiger partial charge >= 0.3 is 0 Å². The van der Waals surface area contributed by atoms with Gasteiger partial charge in [-0.25, -0.2) is 0 Å². The molecule has 0 aromatic carbocycles. The smallest absolute Gasteiger partial charge is 0.239 e. The van der Waals surface area contributed by atoms with Crippen LogP contribution in [0.3, 0.4) is 0 Å². The highest BCUT2D eigenvalue weighted by molar-refractivity contribution is 5.83. The molecule has 0 radical (unpaired) electrons. The first-order valence-electron chi connectivity index (χ1n) is 9.08. The van der Waals surface area contributed by atoms with Crippen LogP contribution in [0.1, 0.15) is 50.2 Å². The van der Waals surface area contributed by atoms with Crippen LogP contribution < -0.4 is 5.73 Å². The summed E-state index contributed by atoms with van der Waals surface area (Å²) in [6.07, 6.45) is 3.43. The van der Waals surface area contributed by atoms with Crippen LogP contribution in [0.4, 0.5) is 0 Å². The molecule has 0 saturated carbocycles. The average molecular weight is 349 g/mol. The van der Waals surface area contributed by atoms with Crippen LogP contribution >= 0.6 is 0 Å². The number of primary amides is 1. The summed E-state index contributed by atoms with van der Waals surface area (Å²) in [7, 11) is 0. The normalized spacial score (nSPS) is 24.2. The number of nitrogens with zero attached hydrogens (tertiary/aromatic N) is 4. The van der Waals surface area contributed by atoms with Gasteiger partial charge in [0.1, 0.15) is 0 Å². The van der Waals surface area contributed by atoms with Crippen LogP contribution in [0.25, 0.3) is 0 Å². The van der Waals surface area contributed by atoms with Gasteiger partial charge in [-0.05, 0) is 52.6 Å². The van der Waals surface area contributed by atoms with Crippen molar-refractivity contribution in [3.63, 3.8) is 0 Å². The standard InChI is InChI=1S/C17H27N5O3/c1-11(17(24)22-7-3-4-14(10-22)15(18)23)21-8-5-13(6-9-21)16-19-12(2)20-25-16/h11,13-14H,3-10H2,1-2H3,(H2,18,23)/t11-,14+/m1/s1. The van der Waals surface area contributed by atoms with E-state index >= 15 is 0 Å². The van der Waals surface area contributed by atoms with Crippen LogP contribution in [0.5, 0.6) is 0 Å². The second-order valence-corrected chi connectivity index (χ2v) is 7.19. The van der Waals surface area contributed by atoms with Gasteiger partial charge in [0.25, 0.3) is 0 Å². The van der Waals surface area contributed by atoms with Crippen LogP contribution in [-0.2, 0) is 9.59 Å². The highest BCUT2D eigenvalue weighted by atomic mass is 16.5. The van der Waals surface area contributed by atoms with E-state index in [1.807, 2.05) is 13.8 Å². The lowest BCUT2D eigenvalue weighted by molar-refractivity contribution is -0.140. The summed E-state index contributed by atoms with van der Waals surface area (Å²) >= 11 is 0. The molecule has 2 fully saturated rings. The van der Waals surface area contributed by atoms with Crippen LogP contribution in [0.15, 0.2) is 4.52 Å². The number of hydrogen-bond donors (Lipinski definition) is 1. The molecule has 0 spiro atoms. The molecule has 8 nitrogen and oxygen atoms in total. The van der Waals surface area contributed by atoms with E-state index < -0.39 is 0 Å². The molecule has 2 aliphatic heterocycles. The number of aromatic nitrogens is 2. The summed E-state index contributed by atoms with van der Waals surface area (Å²) in [6.45, 7) is 6.59. The Bertz CT molecular complexity index is 624. The Balaban J connectivity index is 1.54. The Morgan fingerprint density at radius 3 is 2.56 bits per heavy atom. The van der Waals surface area contributed by atoms with Crippen molar-refractivity contribution in [3.05, 3.63) is 11.7 Å². The first-order valence-corrected chi connectivity index (χ1v) is 9.08. The number of hydrogen-bond acceptors (Lipinski definition) is 6. The summed E-state index contributed by atoms with van der Waals surface area (Å²) in [6, 6.07) is -0.183. The van der Waals surface area contributed by atoms with Crippen molar-refractivity contribution in [2.24, 2.45) is 11.7 Å². The molecule has 3 rings (SSSR count). The van der Waals surface area contributed by atoms with Crippen molar-refractivity contribution in [1.29, 1.82) is 0 Å². The first kappa shape index (κ1) is 17.8. The Morgan fingerprint density at radius 2 is 1.96 bits per heavy atom. The zero-order chi connectivity index (χ0) is 18.0. The number of nitrogens with two attached hydrogens (primary N) is 1. The molecule has 2 saturated heterocycles. The number of carbonyl (C=O) groups excluding carboxylic acids is 2. The van der Waals surface area contributed by atoms with Gasteiger partial charge in [0.15, 0.2) is 5.82 Å². The fraction of sp³-hybridized carbons (Fsp3) is 0.765. The van der Waals surface area contributed by atoms with Gasteiger partial charge in [-0.1, -0.05) is 5.16 Å². The van der Waals surface area contributed by atoms with Gasteiger partial charge in [0.2, 0.25) is 17.7 Å². The minimum atomic E-state index is -0.305. The molecule has 3 heterocycles. The quantitative estimate of drug-likeness (QED) is 0.856. The van der Waals surface area contributed by atoms with E-state index in [-0.39, 0.29) is 29.7 Å². The van der Waals surface area contributed by atoms with E-state index in [4.69, 9.17) is 10.3 Å². The number of aryl methyl sites for hydroxylation is 1. The van der Waals surface area contributed by atoms with Gasteiger partial charge in [0.05, 0.1) is 12.0 Å². The van der Waals surface area contributed by atoms with Crippen molar-refractivity contribution in [1.82, 2.24) is 19.9 Å². The first-order chi connectivity index (χ1) is 12.0. The maximum absolute atomic E-state index is 12.8. The number of piperidine rings is 2. The number of likely N-dealkylation sites (tertiary alicyclic amines) is 2. The Kier molecular flexibility index (Phi) is 5.36. The second kappa shape index (κ2) is 7.51. The molecule has 2 aliphatic rings. The summed E-state index contributed by atoms with van der Waals surface area (Å²) in [5.74, 6) is 1.22. The van der Waals surface area contributed by atoms with Gasteiger partial charge in [-0.2, -0.15) is 4.98 Å². The van der Waals surface area contributed by atoms with E-state index in [2.05, 4.69) is 15.0 Å². The molecule has 25 heavy (non-hydrogen) atoms. The molecule has 8 heteroatoms. The predicted octanol–water partition coefficient (Wildman–Crippen LogP) is 0.670. The van der Waals surface area contributed by atoms with Gasteiger partial charge < -0.3 is 15.2 Å². The third kappa shape index (κ3) is 4.00. The maximum Gasteiger partial charge on any atom is 0.239 e. The van der Waals surface area contributed by atoms with Crippen LogP contribution in [0, 0.1) is 12.8 Å². The minimum Gasteiger partial charge on any atom is -0.369 e. The molecule has 0 unspecified atom stereocenters. The molecule has 138 valence electrons. The van der Waals surface area contributed by atoms with Crippen LogP contribution in [-0.4, -0.2) is 64.0 Å². The Morgan fingerprint density at radius 1 is 1.24 bits per heavy atom. The molecule has 1 aromatic rings. The minimum absolute atomic E-state index is 0.0954. The largest absolute Gasteiger partial charge is 0.369 e. The van der Waals surface area contributed by atoms with E-state index in [0.29, 0.717) is 24.8 Å². The van der Waals surface area contributed by atoms with E-state index in [0.717, 1.165) is 38.8 Å². The molecular formula is C17H27N5O3. The lowest BCUT2D eigenvalue weighted by atomic mass is 9.94. The Hall–Kier alpha value is -1.96. The van der Waals surface area contributed by atoms with Gasteiger partial charge in [0, 0.05) is 19.0 Å². The summed E-state index contributed by atoms with van der Waals surface area (Å²) < 4.78 is 5.28. The fourth-order valence-corrected chi connectivity index (χ4v) is 3.84. The van der Waals surface area contributed by atoms with Crippen molar-refractivity contribution >= 4 is 11.8 Å². The predicted molar refractivity (Wildman–Crippen MR) is 90.5 cm³/mol. The zero-order valence-corrected chi connectivity index (χ0v) is 15.0. The number of carbonyl (C=O) groups is 2. The molecule has 0 bridgehead atoms. The fourth-order valence-electron chi connectivity index (χ4n) is 3.84. The highest BCUT2D eigenvalue weighted by Crippen LogP contribution is 2.28. The number of rotatable bonds is 4. The highest BCUT2D eigenvalue weighted by Gasteiger charge is 2.34.